The summed E-state index contributed by atoms with van der Waals surface area (Å²) in [6.45, 7) is 4.98. The fraction of sp³-hybridized carbons (Fsp3) is 0.500. The summed E-state index contributed by atoms with van der Waals surface area (Å²) in [5, 5.41) is 7.46. The van der Waals surface area contributed by atoms with Crippen LogP contribution in [0, 0.1) is 6.92 Å². The van der Waals surface area contributed by atoms with Gasteiger partial charge in [0, 0.05) is 36.3 Å². The van der Waals surface area contributed by atoms with Gasteiger partial charge >= 0.3 is 0 Å². The lowest BCUT2D eigenvalue weighted by Gasteiger charge is -2.12. The zero-order chi connectivity index (χ0) is 13.0. The van der Waals surface area contributed by atoms with Crippen LogP contribution in [0.5, 0.6) is 0 Å². The smallest absolute Gasteiger partial charge is 0.0944 e. The molecule has 0 fully saturated rings. The first kappa shape index (κ1) is 13.2. The summed E-state index contributed by atoms with van der Waals surface area (Å²) in [4.78, 5) is 4.46. The number of nitrogens with zero attached hydrogens (tertiary/aromatic N) is 3. The highest BCUT2D eigenvalue weighted by Gasteiger charge is 2.12. The minimum atomic E-state index is 0.199. The van der Waals surface area contributed by atoms with E-state index in [-0.39, 0.29) is 6.04 Å². The number of nitrogens with two attached hydrogens (primary N) is 1. The van der Waals surface area contributed by atoms with Gasteiger partial charge < -0.3 is 0 Å². The second-order valence-corrected chi connectivity index (χ2v) is 5.30. The van der Waals surface area contributed by atoms with E-state index < -0.39 is 0 Å². The van der Waals surface area contributed by atoms with Crippen molar-refractivity contribution in [1.82, 2.24) is 20.2 Å². The summed E-state index contributed by atoms with van der Waals surface area (Å²) < 4.78 is 1.93. The Hall–Kier alpha value is -1.24. The van der Waals surface area contributed by atoms with Gasteiger partial charge in [0.2, 0.25) is 0 Å². The summed E-state index contributed by atoms with van der Waals surface area (Å²) in [6.07, 6.45) is 5.69. The van der Waals surface area contributed by atoms with Gasteiger partial charge in [-0.2, -0.15) is 5.10 Å². The van der Waals surface area contributed by atoms with Crippen LogP contribution in [0.15, 0.2) is 17.8 Å². The highest BCUT2D eigenvalue weighted by atomic mass is 32.1. The minimum Gasteiger partial charge on any atom is -0.273 e. The Morgan fingerprint density at radius 2 is 2.33 bits per heavy atom. The van der Waals surface area contributed by atoms with Crippen LogP contribution in [0.4, 0.5) is 0 Å². The van der Waals surface area contributed by atoms with Gasteiger partial charge in [-0.05, 0) is 25.8 Å². The molecule has 0 saturated carbocycles. The van der Waals surface area contributed by atoms with Crippen molar-refractivity contribution in [3.8, 4) is 0 Å². The molecule has 1 atom stereocenters. The average Bonchev–Trinajstić information content (AvgIpc) is 2.97. The Morgan fingerprint density at radius 3 is 2.89 bits per heavy atom. The molecule has 98 valence electrons. The van der Waals surface area contributed by atoms with Gasteiger partial charge in [-0.3, -0.25) is 16.0 Å². The molecular formula is C12H19N5S. The zero-order valence-corrected chi connectivity index (χ0v) is 11.6. The van der Waals surface area contributed by atoms with E-state index in [4.69, 9.17) is 5.84 Å². The van der Waals surface area contributed by atoms with Crippen LogP contribution >= 0.6 is 11.3 Å². The predicted octanol–water partition coefficient (Wildman–Crippen LogP) is 1.29. The third-order valence-electron chi connectivity index (χ3n) is 2.82. The Morgan fingerprint density at radius 1 is 1.50 bits per heavy atom. The van der Waals surface area contributed by atoms with Crippen molar-refractivity contribution in [3.63, 3.8) is 0 Å². The molecule has 2 aromatic rings. The number of aromatic nitrogens is 3. The molecular weight excluding hydrogens is 246 g/mol. The van der Waals surface area contributed by atoms with Crippen molar-refractivity contribution in [1.29, 1.82) is 0 Å². The number of hydrazine groups is 1. The Labute approximate surface area is 111 Å². The van der Waals surface area contributed by atoms with Crippen LogP contribution in [-0.4, -0.2) is 20.8 Å². The molecule has 18 heavy (non-hydrogen) atoms. The lowest BCUT2D eigenvalue weighted by molar-refractivity contribution is 0.521. The van der Waals surface area contributed by atoms with Crippen molar-refractivity contribution >= 4 is 11.3 Å². The molecule has 2 rings (SSSR count). The van der Waals surface area contributed by atoms with Crippen LogP contribution in [0.25, 0.3) is 0 Å². The largest absolute Gasteiger partial charge is 0.273 e. The molecule has 1 unspecified atom stereocenters. The van der Waals surface area contributed by atoms with Gasteiger partial charge in [-0.25, -0.2) is 4.98 Å². The number of thiazole rings is 1. The molecule has 3 N–H and O–H groups in total. The summed E-state index contributed by atoms with van der Waals surface area (Å²) in [5.74, 6) is 5.61. The quantitative estimate of drug-likeness (QED) is 0.610. The van der Waals surface area contributed by atoms with Gasteiger partial charge in [0.1, 0.15) is 0 Å². The molecule has 6 heteroatoms. The monoisotopic (exact) mass is 265 g/mol. The van der Waals surface area contributed by atoms with Gasteiger partial charge in [-0.15, -0.1) is 11.3 Å². The second-order valence-electron chi connectivity index (χ2n) is 4.36. The molecule has 0 bridgehead atoms. The summed E-state index contributed by atoms with van der Waals surface area (Å²) in [5.41, 5.74) is 5.14. The molecule has 0 spiro atoms. The maximum atomic E-state index is 5.61. The van der Waals surface area contributed by atoms with E-state index in [0.717, 1.165) is 30.1 Å². The summed E-state index contributed by atoms with van der Waals surface area (Å²) in [6, 6.07) is 0.199. The molecule has 0 aliphatic rings. The first-order chi connectivity index (χ1) is 8.71. The van der Waals surface area contributed by atoms with E-state index in [1.54, 1.807) is 11.3 Å². The molecule has 0 aliphatic heterocycles. The van der Waals surface area contributed by atoms with Crippen molar-refractivity contribution in [2.75, 3.05) is 0 Å². The first-order valence-electron chi connectivity index (χ1n) is 6.09. The van der Waals surface area contributed by atoms with Crippen LogP contribution in [0.1, 0.15) is 23.2 Å². The first-order valence-corrected chi connectivity index (χ1v) is 6.97. The number of rotatable bonds is 6. The van der Waals surface area contributed by atoms with Crippen LogP contribution in [-0.2, 0) is 19.4 Å². The van der Waals surface area contributed by atoms with E-state index in [0.29, 0.717) is 0 Å². The molecule has 0 saturated heterocycles. The molecule has 0 radical (unpaired) electrons. The number of aryl methyl sites for hydroxylation is 2. The van der Waals surface area contributed by atoms with E-state index >= 15 is 0 Å². The van der Waals surface area contributed by atoms with Crippen molar-refractivity contribution in [3.05, 3.63) is 34.0 Å². The minimum absolute atomic E-state index is 0.199. The second kappa shape index (κ2) is 6.08. The van der Waals surface area contributed by atoms with Crippen molar-refractivity contribution < 1.29 is 0 Å². The third kappa shape index (κ3) is 3.38. The molecule has 2 heterocycles. The van der Waals surface area contributed by atoms with E-state index in [2.05, 4.69) is 34.0 Å². The van der Waals surface area contributed by atoms with E-state index in [1.165, 1.54) is 5.56 Å². The normalized spacial score (nSPS) is 12.8. The van der Waals surface area contributed by atoms with Gasteiger partial charge in [0.25, 0.3) is 0 Å². The van der Waals surface area contributed by atoms with Gasteiger partial charge in [-0.1, -0.05) is 0 Å². The lowest BCUT2D eigenvalue weighted by Crippen LogP contribution is -2.38. The molecule has 0 amide bonds. The average molecular weight is 265 g/mol. The SMILES string of the molecule is CCn1cc(CC(Cc2nc(C)cs2)NN)cn1. The molecule has 0 aliphatic carbocycles. The fourth-order valence-electron chi connectivity index (χ4n) is 1.87. The van der Waals surface area contributed by atoms with Crippen molar-refractivity contribution in [2.45, 2.75) is 39.3 Å². The standard InChI is InChI=1S/C12H19N5S/c1-3-17-7-10(6-14-17)4-11(16-13)5-12-15-9(2)8-18-12/h6-8,11,16H,3-5,13H2,1-2H3. The molecule has 2 aromatic heterocycles. The number of nitrogens with one attached hydrogen (secondary N) is 1. The Kier molecular flexibility index (Phi) is 4.46. The molecule has 0 aromatic carbocycles. The maximum absolute atomic E-state index is 5.61. The van der Waals surface area contributed by atoms with Crippen LogP contribution in [0.3, 0.4) is 0 Å². The Balaban J connectivity index is 1.96. The lowest BCUT2D eigenvalue weighted by atomic mass is 10.1. The van der Waals surface area contributed by atoms with Crippen LogP contribution in [0.2, 0.25) is 0 Å². The van der Waals surface area contributed by atoms with Gasteiger partial charge in [0.05, 0.1) is 11.2 Å². The fourth-order valence-corrected chi connectivity index (χ4v) is 2.72. The van der Waals surface area contributed by atoms with Gasteiger partial charge in [0.15, 0.2) is 0 Å². The predicted molar refractivity (Wildman–Crippen MR) is 73.3 cm³/mol. The molecule has 5 nitrogen and oxygen atoms in total. The van der Waals surface area contributed by atoms with E-state index in [9.17, 15) is 0 Å². The van der Waals surface area contributed by atoms with Crippen LogP contribution < -0.4 is 11.3 Å². The highest BCUT2D eigenvalue weighted by Crippen LogP contribution is 2.13. The number of hydrogen-bond donors (Lipinski definition) is 2. The summed E-state index contributed by atoms with van der Waals surface area (Å²) >= 11 is 1.69. The highest BCUT2D eigenvalue weighted by molar-refractivity contribution is 7.09. The van der Waals surface area contributed by atoms with Crippen molar-refractivity contribution in [2.24, 2.45) is 5.84 Å². The summed E-state index contributed by atoms with van der Waals surface area (Å²) in [7, 11) is 0. The maximum Gasteiger partial charge on any atom is 0.0944 e. The van der Waals surface area contributed by atoms with E-state index in [1.807, 2.05) is 17.8 Å². The topological polar surface area (TPSA) is 68.8 Å². The Bertz CT molecular complexity index is 490. The third-order valence-corrected chi connectivity index (χ3v) is 3.81. The zero-order valence-electron chi connectivity index (χ0n) is 10.8. The number of hydrogen-bond acceptors (Lipinski definition) is 5.